The molecule has 1 saturated carbocycles. The van der Waals surface area contributed by atoms with E-state index in [4.69, 9.17) is 5.26 Å². The lowest BCUT2D eigenvalue weighted by atomic mass is 9.80. The van der Waals surface area contributed by atoms with Crippen molar-refractivity contribution in [2.45, 2.75) is 45.4 Å². The first-order chi connectivity index (χ1) is 11.7. The van der Waals surface area contributed by atoms with Crippen LogP contribution in [-0.2, 0) is 6.42 Å². The number of halogens is 1. The first kappa shape index (κ1) is 16.7. The third-order valence-electron chi connectivity index (χ3n) is 5.34. The summed E-state index contributed by atoms with van der Waals surface area (Å²) in [5.41, 5.74) is 3.11. The molecule has 1 aliphatic rings. The Labute approximate surface area is 144 Å². The molecule has 2 aromatic carbocycles. The van der Waals surface area contributed by atoms with Gasteiger partial charge in [-0.05, 0) is 47.9 Å². The van der Waals surface area contributed by atoms with Crippen LogP contribution in [0.25, 0.3) is 11.1 Å². The fraction of sp³-hybridized carbons (Fsp3) is 0.409. The molecule has 0 N–H and O–H groups in total. The molecule has 1 aliphatic carbocycles. The fourth-order valence-corrected chi connectivity index (χ4v) is 3.66. The number of hydrogen-bond donors (Lipinski definition) is 0. The monoisotopic (exact) mass is 321 g/mol. The summed E-state index contributed by atoms with van der Waals surface area (Å²) in [5.74, 6) is 1.44. The third-order valence-corrected chi connectivity index (χ3v) is 5.34. The largest absolute Gasteiger partial charge is 0.206 e. The standard InChI is InChI=1S/C22H24FN/c1-16-2-4-17(5-3-16)6-7-18-8-11-20(12-9-18)21-13-10-19(15-24)14-22(21)23/h8-14,16-17H,2-7H2,1H3. The summed E-state index contributed by atoms with van der Waals surface area (Å²) in [7, 11) is 0. The number of rotatable bonds is 4. The lowest BCUT2D eigenvalue weighted by Gasteiger charge is -2.26. The molecular formula is C22H24FN. The van der Waals surface area contributed by atoms with Gasteiger partial charge in [0.05, 0.1) is 11.6 Å². The Bertz CT molecular complexity index is 719. The van der Waals surface area contributed by atoms with Gasteiger partial charge >= 0.3 is 0 Å². The first-order valence-corrected chi connectivity index (χ1v) is 8.94. The SMILES string of the molecule is CC1CCC(CCc2ccc(-c3ccc(C#N)cc3F)cc2)CC1. The quantitative estimate of drug-likeness (QED) is 0.665. The summed E-state index contributed by atoms with van der Waals surface area (Å²) < 4.78 is 14.1. The molecule has 0 bridgehead atoms. The first-order valence-electron chi connectivity index (χ1n) is 8.94. The average Bonchev–Trinajstić information content (AvgIpc) is 2.62. The van der Waals surface area contributed by atoms with Gasteiger partial charge in [0, 0.05) is 5.56 Å². The fourth-order valence-electron chi connectivity index (χ4n) is 3.66. The van der Waals surface area contributed by atoms with Crippen molar-refractivity contribution >= 4 is 0 Å². The highest BCUT2D eigenvalue weighted by atomic mass is 19.1. The van der Waals surface area contributed by atoms with Crippen LogP contribution in [0.3, 0.4) is 0 Å². The van der Waals surface area contributed by atoms with E-state index in [0.29, 0.717) is 11.1 Å². The van der Waals surface area contributed by atoms with E-state index in [1.165, 1.54) is 43.7 Å². The Morgan fingerprint density at radius 3 is 2.38 bits per heavy atom. The molecule has 0 heterocycles. The molecular weight excluding hydrogens is 297 g/mol. The molecule has 1 nitrogen and oxygen atoms in total. The molecule has 2 aromatic rings. The minimum atomic E-state index is -0.335. The molecule has 124 valence electrons. The van der Waals surface area contributed by atoms with Gasteiger partial charge in [-0.1, -0.05) is 62.9 Å². The van der Waals surface area contributed by atoms with Crippen LogP contribution in [0.2, 0.25) is 0 Å². The van der Waals surface area contributed by atoms with Gasteiger partial charge in [0.2, 0.25) is 0 Å². The highest BCUT2D eigenvalue weighted by Crippen LogP contribution is 2.31. The van der Waals surface area contributed by atoms with Gasteiger partial charge in [-0.2, -0.15) is 5.26 Å². The number of nitriles is 1. The highest BCUT2D eigenvalue weighted by molar-refractivity contribution is 5.65. The minimum absolute atomic E-state index is 0.335. The summed E-state index contributed by atoms with van der Waals surface area (Å²) in [4.78, 5) is 0. The van der Waals surface area contributed by atoms with Gasteiger partial charge in [-0.15, -0.1) is 0 Å². The minimum Gasteiger partial charge on any atom is -0.206 e. The molecule has 24 heavy (non-hydrogen) atoms. The molecule has 1 fully saturated rings. The van der Waals surface area contributed by atoms with E-state index >= 15 is 0 Å². The molecule has 0 radical (unpaired) electrons. The molecule has 0 amide bonds. The van der Waals surface area contributed by atoms with E-state index in [-0.39, 0.29) is 5.82 Å². The Morgan fingerprint density at radius 1 is 1.04 bits per heavy atom. The van der Waals surface area contributed by atoms with Crippen LogP contribution in [0.1, 0.15) is 50.2 Å². The number of hydrogen-bond acceptors (Lipinski definition) is 1. The summed E-state index contributed by atoms with van der Waals surface area (Å²) in [6.45, 7) is 2.36. The van der Waals surface area contributed by atoms with Crippen molar-refractivity contribution in [3.63, 3.8) is 0 Å². The maximum Gasteiger partial charge on any atom is 0.132 e. The second kappa shape index (κ2) is 7.62. The van der Waals surface area contributed by atoms with E-state index in [2.05, 4.69) is 19.1 Å². The van der Waals surface area contributed by atoms with Gasteiger partial charge in [-0.25, -0.2) is 4.39 Å². The van der Waals surface area contributed by atoms with E-state index in [9.17, 15) is 4.39 Å². The van der Waals surface area contributed by atoms with Crippen LogP contribution >= 0.6 is 0 Å². The zero-order chi connectivity index (χ0) is 16.9. The van der Waals surface area contributed by atoms with Crippen LogP contribution in [0, 0.1) is 29.0 Å². The van der Waals surface area contributed by atoms with E-state index in [0.717, 1.165) is 23.8 Å². The lowest BCUT2D eigenvalue weighted by molar-refractivity contribution is 0.278. The normalized spacial score (nSPS) is 20.5. The maximum absolute atomic E-state index is 14.1. The molecule has 0 saturated heterocycles. The van der Waals surface area contributed by atoms with Gasteiger partial charge < -0.3 is 0 Å². The van der Waals surface area contributed by atoms with Crippen LogP contribution in [0.4, 0.5) is 4.39 Å². The summed E-state index contributed by atoms with van der Waals surface area (Å²) >= 11 is 0. The van der Waals surface area contributed by atoms with Crippen LogP contribution in [0.5, 0.6) is 0 Å². The Hall–Kier alpha value is -2.14. The molecule has 2 heteroatoms. The van der Waals surface area contributed by atoms with Crippen molar-refractivity contribution in [3.05, 3.63) is 59.4 Å². The molecule has 0 aromatic heterocycles. The van der Waals surface area contributed by atoms with Crippen molar-refractivity contribution in [1.82, 2.24) is 0 Å². The van der Waals surface area contributed by atoms with Crippen LogP contribution in [0.15, 0.2) is 42.5 Å². The second-order valence-corrected chi connectivity index (χ2v) is 7.17. The predicted octanol–water partition coefficient (Wildman–Crippen LogP) is 6.12. The van der Waals surface area contributed by atoms with Gasteiger partial charge in [-0.3, -0.25) is 0 Å². The molecule has 0 spiro atoms. The highest BCUT2D eigenvalue weighted by Gasteiger charge is 2.17. The van der Waals surface area contributed by atoms with E-state index in [1.807, 2.05) is 18.2 Å². The topological polar surface area (TPSA) is 23.8 Å². The number of aryl methyl sites for hydroxylation is 1. The molecule has 0 atom stereocenters. The van der Waals surface area contributed by atoms with Crippen molar-refractivity contribution in [2.24, 2.45) is 11.8 Å². The van der Waals surface area contributed by atoms with Crippen molar-refractivity contribution in [3.8, 4) is 17.2 Å². The Morgan fingerprint density at radius 2 is 1.75 bits per heavy atom. The molecule has 0 unspecified atom stereocenters. The van der Waals surface area contributed by atoms with Crippen LogP contribution < -0.4 is 0 Å². The number of benzene rings is 2. The zero-order valence-corrected chi connectivity index (χ0v) is 14.3. The maximum atomic E-state index is 14.1. The average molecular weight is 321 g/mol. The zero-order valence-electron chi connectivity index (χ0n) is 14.3. The van der Waals surface area contributed by atoms with E-state index in [1.54, 1.807) is 12.1 Å². The summed E-state index contributed by atoms with van der Waals surface area (Å²) in [5, 5.41) is 8.82. The Balaban J connectivity index is 1.62. The number of nitrogens with zero attached hydrogens (tertiary/aromatic N) is 1. The molecule has 0 aliphatic heterocycles. The van der Waals surface area contributed by atoms with Gasteiger partial charge in [0.15, 0.2) is 0 Å². The third kappa shape index (κ3) is 4.03. The van der Waals surface area contributed by atoms with Crippen molar-refractivity contribution < 1.29 is 4.39 Å². The van der Waals surface area contributed by atoms with Crippen LogP contribution in [-0.4, -0.2) is 0 Å². The second-order valence-electron chi connectivity index (χ2n) is 7.17. The van der Waals surface area contributed by atoms with Crippen molar-refractivity contribution in [1.29, 1.82) is 5.26 Å². The summed E-state index contributed by atoms with van der Waals surface area (Å²) in [6, 6.07) is 14.8. The van der Waals surface area contributed by atoms with Crippen molar-refractivity contribution in [2.75, 3.05) is 0 Å². The van der Waals surface area contributed by atoms with Gasteiger partial charge in [0.25, 0.3) is 0 Å². The lowest BCUT2D eigenvalue weighted by Crippen LogP contribution is -2.12. The predicted molar refractivity (Wildman–Crippen MR) is 96.0 cm³/mol. The molecule has 3 rings (SSSR count). The Kier molecular flexibility index (Phi) is 5.30. The van der Waals surface area contributed by atoms with Gasteiger partial charge in [0.1, 0.15) is 5.82 Å². The van der Waals surface area contributed by atoms with E-state index < -0.39 is 0 Å². The smallest absolute Gasteiger partial charge is 0.132 e. The summed E-state index contributed by atoms with van der Waals surface area (Å²) in [6.07, 6.45) is 7.86.